The first kappa shape index (κ1) is 17.3. The lowest BCUT2D eigenvalue weighted by Gasteiger charge is -2.07. The van der Waals surface area contributed by atoms with E-state index in [2.05, 4.69) is 0 Å². The topological polar surface area (TPSA) is 106 Å². The quantitative estimate of drug-likeness (QED) is 0.675. The summed E-state index contributed by atoms with van der Waals surface area (Å²) in [6.45, 7) is 1.61. The number of carbonyl (C=O) groups is 2. The number of hydrogen-bond donors (Lipinski definition) is 2. The molecule has 0 amide bonds. The second-order valence-electron chi connectivity index (χ2n) is 5.40. The zero-order chi connectivity index (χ0) is 18.7. The van der Waals surface area contributed by atoms with Gasteiger partial charge >= 0.3 is 11.9 Å². The Kier molecular flexibility index (Phi) is 4.79. The summed E-state index contributed by atoms with van der Waals surface area (Å²) in [5.41, 5.74) is 0.744. The normalized spacial score (nSPS) is 10.7. The third kappa shape index (κ3) is 3.32. The van der Waals surface area contributed by atoms with Crippen molar-refractivity contribution >= 4 is 22.9 Å². The van der Waals surface area contributed by atoms with Gasteiger partial charge in [0.1, 0.15) is 29.3 Å². The molecule has 1 heterocycles. The van der Waals surface area contributed by atoms with E-state index in [-0.39, 0.29) is 30.3 Å². The number of ether oxygens (including phenoxy) is 2. The van der Waals surface area contributed by atoms with Crippen molar-refractivity contribution in [3.8, 4) is 11.5 Å². The first-order valence-corrected chi connectivity index (χ1v) is 7.88. The smallest absolute Gasteiger partial charge is 0.374 e. The minimum atomic E-state index is -0.803. The van der Waals surface area contributed by atoms with Gasteiger partial charge in [0.2, 0.25) is 5.76 Å². The third-order valence-electron chi connectivity index (χ3n) is 3.71. The Morgan fingerprint density at radius 1 is 1.04 bits per heavy atom. The molecule has 2 aromatic carbocycles. The maximum absolute atomic E-state index is 12.2. The van der Waals surface area contributed by atoms with Gasteiger partial charge in [-0.2, -0.15) is 0 Å². The Bertz CT molecular complexity index is 971. The van der Waals surface area contributed by atoms with E-state index in [1.165, 1.54) is 12.1 Å². The van der Waals surface area contributed by atoms with Crippen molar-refractivity contribution in [3.05, 3.63) is 59.4 Å². The number of rotatable bonds is 5. The highest BCUT2D eigenvalue weighted by Crippen LogP contribution is 2.28. The van der Waals surface area contributed by atoms with Crippen LogP contribution >= 0.6 is 0 Å². The number of aromatic hydroxyl groups is 2. The van der Waals surface area contributed by atoms with E-state index in [0.29, 0.717) is 16.5 Å². The minimum Gasteiger partial charge on any atom is -0.508 e. The van der Waals surface area contributed by atoms with Crippen LogP contribution in [0.2, 0.25) is 0 Å². The zero-order valence-electron chi connectivity index (χ0n) is 13.9. The molecule has 1 aromatic heterocycles. The van der Waals surface area contributed by atoms with E-state index < -0.39 is 17.7 Å². The minimum absolute atomic E-state index is 0.0317. The molecule has 0 spiro atoms. The molecule has 0 bridgehead atoms. The fraction of sp³-hybridized carbons (Fsp3) is 0.158. The van der Waals surface area contributed by atoms with Crippen molar-refractivity contribution in [3.63, 3.8) is 0 Å². The predicted molar refractivity (Wildman–Crippen MR) is 91.1 cm³/mol. The number of phenols is 2. The lowest BCUT2D eigenvalue weighted by Crippen LogP contribution is -2.10. The first-order chi connectivity index (χ1) is 12.5. The Morgan fingerprint density at radius 2 is 1.81 bits per heavy atom. The van der Waals surface area contributed by atoms with Gasteiger partial charge in [0.25, 0.3) is 0 Å². The van der Waals surface area contributed by atoms with Gasteiger partial charge in [-0.1, -0.05) is 18.2 Å². The molecule has 3 rings (SSSR count). The van der Waals surface area contributed by atoms with E-state index in [1.807, 2.05) is 0 Å². The van der Waals surface area contributed by atoms with Crippen LogP contribution in [-0.4, -0.2) is 28.8 Å². The summed E-state index contributed by atoms with van der Waals surface area (Å²) in [5.74, 6) is -2.07. The van der Waals surface area contributed by atoms with Crippen molar-refractivity contribution in [2.75, 3.05) is 6.61 Å². The van der Waals surface area contributed by atoms with Gasteiger partial charge in [0, 0.05) is 11.5 Å². The predicted octanol–water partition coefficient (Wildman–Crippen LogP) is 3.38. The van der Waals surface area contributed by atoms with Crippen molar-refractivity contribution in [1.29, 1.82) is 0 Å². The Morgan fingerprint density at radius 3 is 2.54 bits per heavy atom. The van der Waals surface area contributed by atoms with Gasteiger partial charge in [-0.15, -0.1) is 0 Å². The van der Waals surface area contributed by atoms with E-state index >= 15 is 0 Å². The molecule has 3 aromatic rings. The van der Waals surface area contributed by atoms with Crippen molar-refractivity contribution < 1.29 is 33.7 Å². The summed E-state index contributed by atoms with van der Waals surface area (Å²) in [6, 6.07) is 10.5. The van der Waals surface area contributed by atoms with Crippen LogP contribution in [-0.2, 0) is 16.1 Å². The number of hydrogen-bond acceptors (Lipinski definition) is 7. The Hall–Kier alpha value is -3.48. The molecule has 0 fully saturated rings. The van der Waals surface area contributed by atoms with Crippen LogP contribution in [0.1, 0.15) is 33.4 Å². The molecular formula is C19H16O7. The lowest BCUT2D eigenvalue weighted by molar-refractivity contribution is 0.0433. The fourth-order valence-electron chi connectivity index (χ4n) is 2.51. The number of furan rings is 1. The molecule has 0 atom stereocenters. The van der Waals surface area contributed by atoms with E-state index in [4.69, 9.17) is 13.9 Å². The van der Waals surface area contributed by atoms with Gasteiger partial charge in [-0.05, 0) is 25.1 Å². The van der Waals surface area contributed by atoms with Crippen LogP contribution in [0.5, 0.6) is 11.5 Å². The van der Waals surface area contributed by atoms with Crippen molar-refractivity contribution in [1.82, 2.24) is 0 Å². The molecule has 7 nitrogen and oxygen atoms in total. The van der Waals surface area contributed by atoms with Crippen LogP contribution in [0.25, 0.3) is 11.0 Å². The largest absolute Gasteiger partial charge is 0.508 e. The summed E-state index contributed by atoms with van der Waals surface area (Å²) in [6.07, 6.45) is 0. The molecule has 0 aliphatic rings. The summed E-state index contributed by atoms with van der Waals surface area (Å²) >= 11 is 0. The van der Waals surface area contributed by atoms with Gasteiger partial charge in [0.15, 0.2) is 0 Å². The second-order valence-corrected chi connectivity index (χ2v) is 5.40. The first-order valence-electron chi connectivity index (χ1n) is 7.88. The van der Waals surface area contributed by atoms with Gasteiger partial charge in [0.05, 0.1) is 12.2 Å². The zero-order valence-corrected chi connectivity index (χ0v) is 13.9. The highest BCUT2D eigenvalue weighted by molar-refractivity contribution is 5.97. The van der Waals surface area contributed by atoms with Gasteiger partial charge in [-0.25, -0.2) is 9.59 Å². The molecule has 0 aliphatic carbocycles. The van der Waals surface area contributed by atoms with Crippen LogP contribution in [0.15, 0.2) is 46.9 Å². The maximum atomic E-state index is 12.2. The summed E-state index contributed by atoms with van der Waals surface area (Å²) in [4.78, 5) is 24.3. The fourth-order valence-corrected chi connectivity index (χ4v) is 2.51. The second kappa shape index (κ2) is 7.18. The van der Waals surface area contributed by atoms with Crippen LogP contribution in [0, 0.1) is 0 Å². The molecular weight excluding hydrogens is 340 g/mol. The number of benzene rings is 2. The maximum Gasteiger partial charge on any atom is 0.374 e. The number of esters is 2. The molecule has 26 heavy (non-hydrogen) atoms. The molecule has 7 heteroatoms. The number of phenolic OH excluding ortho intramolecular Hbond substituents is 2. The lowest BCUT2D eigenvalue weighted by atomic mass is 10.1. The number of fused-ring (bicyclic) bond motifs is 1. The average molecular weight is 356 g/mol. The summed E-state index contributed by atoms with van der Waals surface area (Å²) < 4.78 is 15.7. The molecule has 2 N–H and O–H groups in total. The third-order valence-corrected chi connectivity index (χ3v) is 3.71. The van der Waals surface area contributed by atoms with Gasteiger partial charge < -0.3 is 24.1 Å². The molecule has 134 valence electrons. The van der Waals surface area contributed by atoms with Crippen molar-refractivity contribution in [2.45, 2.75) is 13.5 Å². The standard InChI is InChI=1S/C19H16O7/c1-2-24-19(23)17-14(12-5-3-4-6-16(12)26-17)10-25-18(22)13-8-7-11(20)9-15(13)21/h3-9,20-21H,2,10H2,1H3. The molecule has 0 saturated heterocycles. The molecule has 0 saturated carbocycles. The van der Waals surface area contributed by atoms with Crippen LogP contribution < -0.4 is 0 Å². The summed E-state index contributed by atoms with van der Waals surface area (Å²) in [5, 5.41) is 19.7. The Labute approximate surface area is 148 Å². The van der Waals surface area contributed by atoms with Crippen molar-refractivity contribution in [2.24, 2.45) is 0 Å². The van der Waals surface area contributed by atoms with E-state index in [1.54, 1.807) is 31.2 Å². The molecule has 0 aliphatic heterocycles. The van der Waals surface area contributed by atoms with Crippen LogP contribution in [0.3, 0.4) is 0 Å². The highest BCUT2D eigenvalue weighted by atomic mass is 16.5. The number of para-hydroxylation sites is 1. The average Bonchev–Trinajstić information content (AvgIpc) is 2.98. The SMILES string of the molecule is CCOC(=O)c1oc2ccccc2c1COC(=O)c1ccc(O)cc1O. The Balaban J connectivity index is 1.89. The van der Waals surface area contributed by atoms with E-state index in [9.17, 15) is 19.8 Å². The number of carbonyl (C=O) groups excluding carboxylic acids is 2. The summed E-state index contributed by atoms with van der Waals surface area (Å²) in [7, 11) is 0. The van der Waals surface area contributed by atoms with E-state index in [0.717, 1.165) is 6.07 Å². The molecule has 0 radical (unpaired) electrons. The molecule has 0 unspecified atom stereocenters. The monoisotopic (exact) mass is 356 g/mol. The highest BCUT2D eigenvalue weighted by Gasteiger charge is 2.23. The van der Waals surface area contributed by atoms with Crippen LogP contribution in [0.4, 0.5) is 0 Å². The van der Waals surface area contributed by atoms with Gasteiger partial charge in [-0.3, -0.25) is 0 Å².